The van der Waals surface area contributed by atoms with E-state index in [0.29, 0.717) is 5.75 Å². The van der Waals surface area contributed by atoms with Crippen molar-refractivity contribution in [2.24, 2.45) is 0 Å². The average Bonchev–Trinajstić information content (AvgIpc) is 3.06. The predicted molar refractivity (Wildman–Crippen MR) is 62.7 cm³/mol. The molecule has 1 amide bonds. The number of halogens is 2. The molecule has 1 aliphatic rings. The molecule has 1 aliphatic carbocycles. The van der Waals surface area contributed by atoms with Crippen LogP contribution in [-0.2, 0) is 4.79 Å². The van der Waals surface area contributed by atoms with Gasteiger partial charge in [-0.1, -0.05) is 11.6 Å². The van der Waals surface area contributed by atoms with Crippen LogP contribution in [0.4, 0.5) is 4.39 Å². The minimum atomic E-state index is -0.640. The van der Waals surface area contributed by atoms with Crippen LogP contribution in [0.5, 0.6) is 5.75 Å². The third kappa shape index (κ3) is 3.33. The van der Waals surface area contributed by atoms with E-state index in [1.54, 1.807) is 6.92 Å². The van der Waals surface area contributed by atoms with Crippen LogP contribution in [-0.4, -0.2) is 18.1 Å². The fraction of sp³-hybridized carbons (Fsp3) is 0.417. The van der Waals surface area contributed by atoms with Gasteiger partial charge in [0.05, 0.1) is 5.02 Å². The number of hydrogen-bond acceptors (Lipinski definition) is 2. The number of carbonyl (C=O) groups is 1. The van der Waals surface area contributed by atoms with Gasteiger partial charge in [-0.25, -0.2) is 4.39 Å². The molecule has 2 rings (SSSR count). The van der Waals surface area contributed by atoms with Crippen molar-refractivity contribution in [3.63, 3.8) is 0 Å². The van der Waals surface area contributed by atoms with Crippen molar-refractivity contribution < 1.29 is 13.9 Å². The van der Waals surface area contributed by atoms with E-state index >= 15 is 0 Å². The van der Waals surface area contributed by atoms with Crippen molar-refractivity contribution in [3.05, 3.63) is 29.0 Å². The summed E-state index contributed by atoms with van der Waals surface area (Å²) in [6, 6.07) is 4.10. The molecule has 0 heterocycles. The Bertz CT molecular complexity index is 435. The van der Waals surface area contributed by atoms with Crippen LogP contribution in [0, 0.1) is 5.82 Å². The summed E-state index contributed by atoms with van der Waals surface area (Å²) < 4.78 is 18.2. The van der Waals surface area contributed by atoms with Crippen LogP contribution in [0.1, 0.15) is 19.8 Å². The normalized spacial score (nSPS) is 16.4. The summed E-state index contributed by atoms with van der Waals surface area (Å²) in [5, 5.41) is 2.99. The van der Waals surface area contributed by atoms with Crippen LogP contribution in [0.15, 0.2) is 18.2 Å². The molecule has 92 valence electrons. The molecule has 0 aromatic heterocycles. The lowest BCUT2D eigenvalue weighted by molar-refractivity contribution is -0.127. The molecule has 1 aromatic carbocycles. The molecule has 5 heteroatoms. The number of hydrogen-bond donors (Lipinski definition) is 1. The number of ether oxygens (including phenoxy) is 1. The van der Waals surface area contributed by atoms with Crippen LogP contribution in [0.2, 0.25) is 5.02 Å². The Morgan fingerprint density at radius 3 is 2.88 bits per heavy atom. The number of nitrogens with one attached hydrogen (secondary N) is 1. The van der Waals surface area contributed by atoms with Gasteiger partial charge in [-0.3, -0.25) is 4.79 Å². The van der Waals surface area contributed by atoms with Crippen molar-refractivity contribution in [1.82, 2.24) is 5.32 Å². The Kier molecular flexibility index (Phi) is 3.52. The van der Waals surface area contributed by atoms with E-state index in [-0.39, 0.29) is 17.0 Å². The molecule has 1 N–H and O–H groups in total. The third-order valence-electron chi connectivity index (χ3n) is 2.49. The fourth-order valence-electron chi connectivity index (χ4n) is 1.36. The van der Waals surface area contributed by atoms with E-state index < -0.39 is 11.9 Å². The highest BCUT2D eigenvalue weighted by atomic mass is 35.5. The fourth-order valence-corrected chi connectivity index (χ4v) is 1.57. The number of amides is 1. The SMILES string of the molecule is CC(Oc1ccc(F)cc1Cl)C(=O)NC1CC1. The molecule has 1 atom stereocenters. The van der Waals surface area contributed by atoms with Crippen LogP contribution >= 0.6 is 11.6 Å². The number of carbonyl (C=O) groups excluding carboxylic acids is 1. The Labute approximate surface area is 104 Å². The molecule has 0 spiro atoms. The van der Waals surface area contributed by atoms with Crippen molar-refractivity contribution in [2.75, 3.05) is 0 Å². The number of rotatable bonds is 4. The molecule has 0 aliphatic heterocycles. The zero-order valence-electron chi connectivity index (χ0n) is 9.37. The second-order valence-electron chi connectivity index (χ2n) is 4.12. The molecule has 1 aromatic rings. The first-order valence-electron chi connectivity index (χ1n) is 5.48. The largest absolute Gasteiger partial charge is 0.479 e. The van der Waals surface area contributed by atoms with Gasteiger partial charge in [0.2, 0.25) is 0 Å². The quantitative estimate of drug-likeness (QED) is 0.900. The zero-order valence-corrected chi connectivity index (χ0v) is 10.1. The maximum Gasteiger partial charge on any atom is 0.260 e. The molecule has 1 fully saturated rings. The Morgan fingerprint density at radius 1 is 1.59 bits per heavy atom. The monoisotopic (exact) mass is 257 g/mol. The van der Waals surface area contributed by atoms with Gasteiger partial charge in [0, 0.05) is 6.04 Å². The Balaban J connectivity index is 1.96. The summed E-state index contributed by atoms with van der Waals surface area (Å²) in [5.74, 6) is -0.295. The first-order valence-corrected chi connectivity index (χ1v) is 5.86. The molecule has 1 unspecified atom stereocenters. The zero-order chi connectivity index (χ0) is 12.4. The number of benzene rings is 1. The smallest absolute Gasteiger partial charge is 0.260 e. The summed E-state index contributed by atoms with van der Waals surface area (Å²) in [6.45, 7) is 1.64. The highest BCUT2D eigenvalue weighted by Gasteiger charge is 2.26. The molecule has 0 radical (unpaired) electrons. The van der Waals surface area contributed by atoms with Gasteiger partial charge < -0.3 is 10.1 Å². The standard InChI is InChI=1S/C12H13ClFNO2/c1-7(12(16)15-9-3-4-9)17-11-5-2-8(14)6-10(11)13/h2,5-7,9H,3-4H2,1H3,(H,15,16). The summed E-state index contributed by atoms with van der Waals surface area (Å²) >= 11 is 5.80. The summed E-state index contributed by atoms with van der Waals surface area (Å²) in [4.78, 5) is 11.6. The lowest BCUT2D eigenvalue weighted by Crippen LogP contribution is -2.37. The van der Waals surface area contributed by atoms with Crippen molar-refractivity contribution in [3.8, 4) is 5.75 Å². The van der Waals surface area contributed by atoms with E-state index in [2.05, 4.69) is 5.32 Å². The van der Waals surface area contributed by atoms with Crippen molar-refractivity contribution in [2.45, 2.75) is 31.9 Å². The molecule has 1 saturated carbocycles. The summed E-state index contributed by atoms with van der Waals surface area (Å²) in [5.41, 5.74) is 0. The molecule has 0 bridgehead atoms. The maximum atomic E-state index is 12.8. The van der Waals surface area contributed by atoms with Gasteiger partial charge in [0.1, 0.15) is 11.6 Å². The lowest BCUT2D eigenvalue weighted by atomic mass is 10.3. The van der Waals surface area contributed by atoms with Crippen LogP contribution in [0.3, 0.4) is 0 Å². The second kappa shape index (κ2) is 4.92. The topological polar surface area (TPSA) is 38.3 Å². The van der Waals surface area contributed by atoms with E-state index in [0.717, 1.165) is 18.9 Å². The van der Waals surface area contributed by atoms with Gasteiger partial charge in [0.15, 0.2) is 6.10 Å². The van der Waals surface area contributed by atoms with E-state index in [9.17, 15) is 9.18 Å². The Morgan fingerprint density at radius 2 is 2.29 bits per heavy atom. The van der Waals surface area contributed by atoms with Crippen LogP contribution in [0.25, 0.3) is 0 Å². The first-order chi connectivity index (χ1) is 8.06. The van der Waals surface area contributed by atoms with Gasteiger partial charge in [-0.2, -0.15) is 0 Å². The molecule has 17 heavy (non-hydrogen) atoms. The van der Waals surface area contributed by atoms with E-state index in [1.807, 2.05) is 0 Å². The minimum absolute atomic E-state index is 0.163. The van der Waals surface area contributed by atoms with Crippen LogP contribution < -0.4 is 10.1 Å². The second-order valence-corrected chi connectivity index (χ2v) is 4.52. The van der Waals surface area contributed by atoms with Crippen molar-refractivity contribution >= 4 is 17.5 Å². The Hall–Kier alpha value is -1.29. The minimum Gasteiger partial charge on any atom is -0.479 e. The lowest BCUT2D eigenvalue weighted by Gasteiger charge is -2.15. The maximum absolute atomic E-state index is 12.8. The van der Waals surface area contributed by atoms with Gasteiger partial charge >= 0.3 is 0 Å². The first kappa shape index (κ1) is 12.2. The molecule has 0 saturated heterocycles. The van der Waals surface area contributed by atoms with Gasteiger partial charge in [-0.15, -0.1) is 0 Å². The highest BCUT2D eigenvalue weighted by molar-refractivity contribution is 6.32. The molecule has 3 nitrogen and oxygen atoms in total. The van der Waals surface area contributed by atoms with Crippen molar-refractivity contribution in [1.29, 1.82) is 0 Å². The summed E-state index contributed by atoms with van der Waals surface area (Å²) in [6.07, 6.45) is 1.41. The van der Waals surface area contributed by atoms with E-state index in [4.69, 9.17) is 16.3 Å². The average molecular weight is 258 g/mol. The van der Waals surface area contributed by atoms with E-state index in [1.165, 1.54) is 12.1 Å². The van der Waals surface area contributed by atoms with Gasteiger partial charge in [0.25, 0.3) is 5.91 Å². The summed E-state index contributed by atoms with van der Waals surface area (Å²) in [7, 11) is 0. The third-order valence-corrected chi connectivity index (χ3v) is 2.79. The molecular formula is C12H13ClFNO2. The predicted octanol–water partition coefficient (Wildman–Crippen LogP) is 2.53. The molecular weight excluding hydrogens is 245 g/mol. The van der Waals surface area contributed by atoms with Gasteiger partial charge in [-0.05, 0) is 38.0 Å². The highest BCUT2D eigenvalue weighted by Crippen LogP contribution is 2.26.